The molecular weight excluding hydrogens is 399 g/mol. The molecule has 1 atom stereocenters. The molecule has 0 aliphatic carbocycles. The van der Waals surface area contributed by atoms with Gasteiger partial charge in [-0.15, -0.1) is 24.0 Å². The Morgan fingerprint density at radius 1 is 1.48 bits per heavy atom. The minimum absolute atomic E-state index is 0. The van der Waals surface area contributed by atoms with Crippen molar-refractivity contribution in [3.63, 3.8) is 0 Å². The first kappa shape index (κ1) is 20.2. The van der Waals surface area contributed by atoms with Gasteiger partial charge < -0.3 is 10.2 Å². The van der Waals surface area contributed by atoms with Crippen molar-refractivity contribution in [1.82, 2.24) is 15.2 Å². The van der Waals surface area contributed by atoms with Crippen LogP contribution in [-0.2, 0) is 6.42 Å². The van der Waals surface area contributed by atoms with Gasteiger partial charge in [0.15, 0.2) is 5.96 Å². The van der Waals surface area contributed by atoms with E-state index in [0.717, 1.165) is 43.9 Å². The fraction of sp³-hybridized carbons (Fsp3) is 0.667. The average Bonchev–Trinajstić information content (AvgIpc) is 2.93. The zero-order chi connectivity index (χ0) is 15.9. The minimum atomic E-state index is 0. The third kappa shape index (κ3) is 6.28. The molecule has 4 nitrogen and oxygen atoms in total. The Labute approximate surface area is 158 Å². The van der Waals surface area contributed by atoms with Crippen molar-refractivity contribution in [3.05, 3.63) is 29.6 Å². The van der Waals surface area contributed by atoms with E-state index in [-0.39, 0.29) is 24.0 Å². The number of halogens is 1. The van der Waals surface area contributed by atoms with Crippen molar-refractivity contribution in [2.75, 3.05) is 26.7 Å². The number of pyridine rings is 1. The molecule has 2 heterocycles. The van der Waals surface area contributed by atoms with Crippen LogP contribution in [0.1, 0.15) is 37.8 Å². The molecule has 5 heteroatoms. The zero-order valence-electron chi connectivity index (χ0n) is 14.9. The average molecular weight is 430 g/mol. The molecule has 0 spiro atoms. The molecule has 2 rings (SSSR count). The third-order valence-electron chi connectivity index (χ3n) is 4.42. The van der Waals surface area contributed by atoms with Crippen LogP contribution in [-0.4, -0.2) is 42.5 Å². The van der Waals surface area contributed by atoms with Gasteiger partial charge in [0.2, 0.25) is 0 Å². The highest BCUT2D eigenvalue weighted by molar-refractivity contribution is 14.0. The van der Waals surface area contributed by atoms with E-state index in [0.29, 0.717) is 0 Å². The molecule has 1 aromatic heterocycles. The summed E-state index contributed by atoms with van der Waals surface area (Å²) < 4.78 is 0. The van der Waals surface area contributed by atoms with Gasteiger partial charge in [0.25, 0.3) is 0 Å². The van der Waals surface area contributed by atoms with Crippen LogP contribution in [0.15, 0.2) is 23.5 Å². The second-order valence-corrected chi connectivity index (χ2v) is 6.76. The lowest BCUT2D eigenvalue weighted by Gasteiger charge is -2.22. The maximum Gasteiger partial charge on any atom is 0.193 e. The van der Waals surface area contributed by atoms with E-state index < -0.39 is 0 Å². The molecule has 1 N–H and O–H groups in total. The lowest BCUT2D eigenvalue weighted by Crippen LogP contribution is -2.41. The summed E-state index contributed by atoms with van der Waals surface area (Å²) in [4.78, 5) is 11.0. The van der Waals surface area contributed by atoms with Crippen molar-refractivity contribution >= 4 is 29.9 Å². The normalized spacial score (nSPS) is 18.2. The lowest BCUT2D eigenvalue weighted by atomic mass is 9.97. The summed E-state index contributed by atoms with van der Waals surface area (Å²) in [5.74, 6) is 2.66. The molecule has 1 fully saturated rings. The molecule has 1 aliphatic heterocycles. The van der Waals surface area contributed by atoms with E-state index >= 15 is 0 Å². The highest BCUT2D eigenvalue weighted by Gasteiger charge is 2.25. The van der Waals surface area contributed by atoms with Crippen molar-refractivity contribution in [1.29, 1.82) is 0 Å². The van der Waals surface area contributed by atoms with Gasteiger partial charge in [-0.1, -0.05) is 13.8 Å². The van der Waals surface area contributed by atoms with Gasteiger partial charge in [-0.3, -0.25) is 9.98 Å². The Bertz CT molecular complexity index is 502. The third-order valence-corrected chi connectivity index (χ3v) is 4.42. The summed E-state index contributed by atoms with van der Waals surface area (Å²) in [6, 6.07) is 2.11. The number of likely N-dealkylation sites (tertiary alicyclic amines) is 1. The second kappa shape index (κ2) is 10.1. The number of nitrogens with zero attached hydrogens (tertiary/aromatic N) is 3. The van der Waals surface area contributed by atoms with Crippen molar-refractivity contribution in [2.45, 2.75) is 40.0 Å². The van der Waals surface area contributed by atoms with Crippen LogP contribution in [0.3, 0.4) is 0 Å². The van der Waals surface area contributed by atoms with Gasteiger partial charge >= 0.3 is 0 Å². The Kier molecular flexibility index (Phi) is 8.87. The smallest absolute Gasteiger partial charge is 0.193 e. The summed E-state index contributed by atoms with van der Waals surface area (Å²) >= 11 is 0. The minimum Gasteiger partial charge on any atom is -0.356 e. The largest absolute Gasteiger partial charge is 0.356 e. The highest BCUT2D eigenvalue weighted by Crippen LogP contribution is 2.23. The van der Waals surface area contributed by atoms with E-state index in [1.807, 2.05) is 19.4 Å². The number of guanidine groups is 1. The molecule has 0 amide bonds. The number of aromatic nitrogens is 1. The van der Waals surface area contributed by atoms with Gasteiger partial charge in [0.1, 0.15) is 0 Å². The fourth-order valence-corrected chi connectivity index (χ4v) is 3.31. The summed E-state index contributed by atoms with van der Waals surface area (Å²) in [5, 5.41) is 3.52. The van der Waals surface area contributed by atoms with Crippen molar-refractivity contribution < 1.29 is 0 Å². The molecule has 0 bridgehead atoms. The summed E-state index contributed by atoms with van der Waals surface area (Å²) in [6.07, 6.45) is 7.43. The summed E-state index contributed by atoms with van der Waals surface area (Å²) in [7, 11) is 1.88. The van der Waals surface area contributed by atoms with Crippen LogP contribution in [0.5, 0.6) is 0 Å². The number of hydrogen-bond donors (Lipinski definition) is 1. The Balaban J connectivity index is 0.00000264. The maximum absolute atomic E-state index is 4.46. The number of rotatable bonds is 5. The highest BCUT2D eigenvalue weighted by atomic mass is 127. The van der Waals surface area contributed by atoms with Gasteiger partial charge in [-0.05, 0) is 55.2 Å². The lowest BCUT2D eigenvalue weighted by molar-refractivity contribution is 0.404. The number of aliphatic imine (C=N–C) groups is 1. The van der Waals surface area contributed by atoms with E-state index in [1.54, 1.807) is 0 Å². The molecule has 0 radical (unpaired) electrons. The van der Waals surface area contributed by atoms with Crippen LogP contribution < -0.4 is 5.32 Å². The first-order valence-corrected chi connectivity index (χ1v) is 8.45. The SMILES string of the molecule is CN=C(NCCc1ccncc1C)N1CCC(CC(C)C)C1.I. The Morgan fingerprint density at radius 3 is 2.91 bits per heavy atom. The summed E-state index contributed by atoms with van der Waals surface area (Å²) in [5.41, 5.74) is 2.62. The van der Waals surface area contributed by atoms with Crippen LogP contribution in [0.4, 0.5) is 0 Å². The number of aryl methyl sites for hydroxylation is 1. The zero-order valence-corrected chi connectivity index (χ0v) is 17.2. The van der Waals surface area contributed by atoms with Crippen molar-refractivity contribution in [3.8, 4) is 0 Å². The second-order valence-electron chi connectivity index (χ2n) is 6.76. The Hall–Kier alpha value is -0.850. The van der Waals surface area contributed by atoms with E-state index in [2.05, 4.69) is 47.0 Å². The topological polar surface area (TPSA) is 40.5 Å². The van der Waals surface area contributed by atoms with Crippen LogP contribution in [0.25, 0.3) is 0 Å². The van der Waals surface area contributed by atoms with Crippen molar-refractivity contribution in [2.24, 2.45) is 16.8 Å². The first-order valence-electron chi connectivity index (χ1n) is 8.45. The summed E-state index contributed by atoms with van der Waals surface area (Å²) in [6.45, 7) is 9.94. The molecule has 130 valence electrons. The van der Waals surface area contributed by atoms with Gasteiger partial charge in [-0.2, -0.15) is 0 Å². The predicted octanol–water partition coefficient (Wildman–Crippen LogP) is 3.49. The first-order chi connectivity index (χ1) is 10.6. The molecule has 1 aromatic rings. The number of nitrogens with one attached hydrogen (secondary N) is 1. The van der Waals surface area contributed by atoms with Gasteiger partial charge in [-0.25, -0.2) is 0 Å². The van der Waals surface area contributed by atoms with E-state index in [1.165, 1.54) is 24.0 Å². The molecule has 1 saturated heterocycles. The van der Waals surface area contributed by atoms with E-state index in [4.69, 9.17) is 0 Å². The number of hydrogen-bond acceptors (Lipinski definition) is 2. The van der Waals surface area contributed by atoms with Gasteiger partial charge in [0, 0.05) is 39.1 Å². The maximum atomic E-state index is 4.46. The molecule has 0 aromatic carbocycles. The predicted molar refractivity (Wildman–Crippen MR) is 109 cm³/mol. The molecule has 1 unspecified atom stereocenters. The van der Waals surface area contributed by atoms with Crippen LogP contribution in [0, 0.1) is 18.8 Å². The standard InChI is InChI=1S/C18H30N4.HI/c1-14(2)11-16-7-10-22(13-16)18(19-4)21-9-6-17-5-8-20-12-15(17)3;/h5,8,12,14,16H,6-7,9-11,13H2,1-4H3,(H,19,21);1H. The van der Waals surface area contributed by atoms with Gasteiger partial charge in [0.05, 0.1) is 0 Å². The molecule has 0 saturated carbocycles. The molecule has 1 aliphatic rings. The van der Waals surface area contributed by atoms with E-state index in [9.17, 15) is 0 Å². The van der Waals surface area contributed by atoms with Crippen LogP contribution in [0.2, 0.25) is 0 Å². The monoisotopic (exact) mass is 430 g/mol. The molecule has 23 heavy (non-hydrogen) atoms. The fourth-order valence-electron chi connectivity index (χ4n) is 3.31. The molecular formula is C18H31IN4. The Morgan fingerprint density at radius 2 is 2.26 bits per heavy atom. The quantitative estimate of drug-likeness (QED) is 0.442. The van der Waals surface area contributed by atoms with Crippen LogP contribution >= 0.6 is 24.0 Å².